The van der Waals surface area contributed by atoms with E-state index in [1.54, 1.807) is 6.07 Å². The van der Waals surface area contributed by atoms with Gasteiger partial charge >= 0.3 is 0 Å². The van der Waals surface area contributed by atoms with E-state index in [1.165, 1.54) is 11.6 Å². The fourth-order valence-electron chi connectivity index (χ4n) is 5.23. The van der Waals surface area contributed by atoms with Gasteiger partial charge in [0.25, 0.3) is 0 Å². The topological polar surface area (TPSA) is 25.8 Å². The molecule has 1 aliphatic rings. The van der Waals surface area contributed by atoms with Crippen molar-refractivity contribution in [3.05, 3.63) is 93.3 Å². The number of nitrogens with zero attached hydrogens (tertiary/aromatic N) is 2. The molecule has 5 rings (SSSR count). The lowest BCUT2D eigenvalue weighted by Gasteiger charge is -2.23. The zero-order valence-corrected chi connectivity index (χ0v) is 22.0. The fourth-order valence-corrected chi connectivity index (χ4v) is 5.37. The monoisotopic (exact) mass is 504 g/mol. The van der Waals surface area contributed by atoms with Gasteiger partial charge in [-0.25, -0.2) is 8.78 Å². The van der Waals surface area contributed by atoms with Crippen LogP contribution in [0.1, 0.15) is 72.9 Å². The van der Waals surface area contributed by atoms with E-state index in [4.69, 9.17) is 16.6 Å². The number of pyridine rings is 2. The number of benzene rings is 2. The fraction of sp³-hybridized carbons (Fsp3) is 0.355. The average Bonchev–Trinajstić information content (AvgIpc) is 3.71. The minimum absolute atomic E-state index is 0.169. The maximum atomic E-state index is 15.1. The first-order valence-corrected chi connectivity index (χ1v) is 13.1. The number of hydrogen-bond donors (Lipinski definition) is 0. The highest BCUT2D eigenvalue weighted by atomic mass is 35.5. The van der Waals surface area contributed by atoms with Crippen LogP contribution in [0.25, 0.3) is 22.2 Å². The molecule has 0 amide bonds. The van der Waals surface area contributed by atoms with Gasteiger partial charge in [0.15, 0.2) is 11.6 Å². The first-order valence-electron chi connectivity index (χ1n) is 12.8. The van der Waals surface area contributed by atoms with Gasteiger partial charge in [-0.05, 0) is 110 Å². The van der Waals surface area contributed by atoms with Crippen molar-refractivity contribution in [2.45, 2.75) is 65.2 Å². The first-order chi connectivity index (χ1) is 17.3. The maximum Gasteiger partial charge on any atom is 0.178 e. The molecule has 2 aromatic carbocycles. The smallest absolute Gasteiger partial charge is 0.178 e. The zero-order valence-electron chi connectivity index (χ0n) is 21.2. The molecule has 1 fully saturated rings. The third kappa shape index (κ3) is 4.76. The van der Waals surface area contributed by atoms with Crippen LogP contribution in [0.15, 0.2) is 48.7 Å². The normalized spacial score (nSPS) is 15.3. The Morgan fingerprint density at radius 3 is 2.53 bits per heavy atom. The summed E-state index contributed by atoms with van der Waals surface area (Å²) in [5.74, 6) is -0.936. The van der Waals surface area contributed by atoms with Crippen LogP contribution in [0.4, 0.5) is 8.78 Å². The molecule has 2 atom stereocenters. The van der Waals surface area contributed by atoms with E-state index in [1.807, 2.05) is 13.1 Å². The molecule has 0 N–H and O–H groups in total. The first kappa shape index (κ1) is 24.8. The molecule has 186 valence electrons. The van der Waals surface area contributed by atoms with Gasteiger partial charge in [-0.1, -0.05) is 31.5 Å². The average molecular weight is 505 g/mol. The largest absolute Gasteiger partial charge is 0.256 e. The molecule has 0 bridgehead atoms. The molecule has 0 saturated heterocycles. The maximum absolute atomic E-state index is 15.1. The highest BCUT2D eigenvalue weighted by Gasteiger charge is 2.34. The van der Waals surface area contributed by atoms with E-state index in [0.29, 0.717) is 11.6 Å². The Kier molecular flexibility index (Phi) is 6.82. The molecule has 0 radical (unpaired) electrons. The lowest BCUT2D eigenvalue weighted by Crippen LogP contribution is -2.12. The Morgan fingerprint density at radius 2 is 1.81 bits per heavy atom. The van der Waals surface area contributed by atoms with Crippen LogP contribution in [0.5, 0.6) is 0 Å². The van der Waals surface area contributed by atoms with E-state index in [2.05, 4.69) is 56.1 Å². The second-order valence-electron chi connectivity index (χ2n) is 10.3. The lowest BCUT2D eigenvalue weighted by molar-refractivity contribution is 0.511. The van der Waals surface area contributed by atoms with Crippen LogP contribution in [0.2, 0.25) is 5.02 Å². The number of hydrogen-bond acceptors (Lipinski definition) is 2. The Hall–Kier alpha value is -2.85. The Morgan fingerprint density at radius 1 is 1.03 bits per heavy atom. The zero-order chi connectivity index (χ0) is 25.6. The molecule has 2 heterocycles. The number of aromatic nitrogens is 2. The quantitative estimate of drug-likeness (QED) is 0.234. The predicted molar refractivity (Wildman–Crippen MR) is 144 cm³/mol. The number of fused-ring (bicyclic) bond motifs is 1. The summed E-state index contributed by atoms with van der Waals surface area (Å²) in [6, 6.07) is 13.8. The van der Waals surface area contributed by atoms with Crippen LogP contribution in [-0.4, -0.2) is 9.97 Å². The van der Waals surface area contributed by atoms with Crippen molar-refractivity contribution in [2.24, 2.45) is 5.92 Å². The summed E-state index contributed by atoms with van der Waals surface area (Å²) >= 11 is 5.85. The van der Waals surface area contributed by atoms with Crippen molar-refractivity contribution in [2.75, 3.05) is 0 Å². The van der Waals surface area contributed by atoms with Gasteiger partial charge in [0.2, 0.25) is 0 Å². The van der Waals surface area contributed by atoms with Crippen LogP contribution < -0.4 is 0 Å². The third-order valence-electron chi connectivity index (χ3n) is 7.68. The summed E-state index contributed by atoms with van der Waals surface area (Å²) in [5, 5.41) is 0.919. The van der Waals surface area contributed by atoms with Gasteiger partial charge in [0.05, 0.1) is 16.2 Å². The van der Waals surface area contributed by atoms with Crippen molar-refractivity contribution in [1.82, 2.24) is 9.97 Å². The van der Waals surface area contributed by atoms with Crippen molar-refractivity contribution in [3.63, 3.8) is 0 Å². The Balaban J connectivity index is 1.62. The number of rotatable bonds is 7. The summed E-state index contributed by atoms with van der Waals surface area (Å²) < 4.78 is 29.5. The molecule has 0 spiro atoms. The van der Waals surface area contributed by atoms with Gasteiger partial charge in [0, 0.05) is 28.8 Å². The van der Waals surface area contributed by atoms with Crippen molar-refractivity contribution in [1.29, 1.82) is 0 Å². The summed E-state index contributed by atoms with van der Waals surface area (Å²) in [5.41, 5.74) is 7.06. The van der Waals surface area contributed by atoms with Gasteiger partial charge in [-0.2, -0.15) is 0 Å². The lowest BCUT2D eigenvalue weighted by atomic mass is 9.85. The van der Waals surface area contributed by atoms with E-state index in [9.17, 15) is 4.39 Å². The SMILES string of the molecule is CCC(C)c1cc(C(Cc2ccc3ncc(C)cc3c2)C2CC2)nc(-c2ccc(Cl)c(F)c2F)c1C. The van der Waals surface area contributed by atoms with Gasteiger partial charge in [-0.3, -0.25) is 9.97 Å². The van der Waals surface area contributed by atoms with Crippen molar-refractivity contribution >= 4 is 22.5 Å². The van der Waals surface area contributed by atoms with E-state index in [0.717, 1.165) is 59.0 Å². The minimum Gasteiger partial charge on any atom is -0.256 e. The summed E-state index contributed by atoms with van der Waals surface area (Å²) in [4.78, 5) is 9.56. The van der Waals surface area contributed by atoms with Gasteiger partial charge in [0.1, 0.15) is 0 Å². The van der Waals surface area contributed by atoms with E-state index in [-0.39, 0.29) is 22.4 Å². The van der Waals surface area contributed by atoms with E-state index < -0.39 is 11.6 Å². The number of halogens is 3. The molecule has 1 aliphatic carbocycles. The molecule has 5 heteroatoms. The molecular formula is C31H31ClF2N2. The van der Waals surface area contributed by atoms with Crippen LogP contribution >= 0.6 is 11.6 Å². The molecule has 2 nitrogen and oxygen atoms in total. The molecule has 0 aliphatic heterocycles. The van der Waals surface area contributed by atoms with Gasteiger partial charge in [-0.15, -0.1) is 0 Å². The molecule has 4 aromatic rings. The summed E-state index contributed by atoms with van der Waals surface area (Å²) in [7, 11) is 0. The van der Waals surface area contributed by atoms with Gasteiger partial charge < -0.3 is 0 Å². The van der Waals surface area contributed by atoms with Crippen molar-refractivity contribution in [3.8, 4) is 11.3 Å². The third-order valence-corrected chi connectivity index (χ3v) is 7.97. The molecular weight excluding hydrogens is 474 g/mol. The molecule has 1 saturated carbocycles. The van der Waals surface area contributed by atoms with Crippen LogP contribution in [0, 0.1) is 31.4 Å². The predicted octanol–water partition coefficient (Wildman–Crippen LogP) is 9.10. The molecule has 36 heavy (non-hydrogen) atoms. The Bertz CT molecular complexity index is 1440. The van der Waals surface area contributed by atoms with Crippen LogP contribution in [0.3, 0.4) is 0 Å². The summed E-state index contributed by atoms with van der Waals surface area (Å²) in [6.07, 6.45) is 6.01. The molecule has 2 aromatic heterocycles. The number of aryl methyl sites for hydroxylation is 1. The summed E-state index contributed by atoms with van der Waals surface area (Å²) in [6.45, 7) is 8.35. The van der Waals surface area contributed by atoms with E-state index >= 15 is 4.39 Å². The highest BCUT2D eigenvalue weighted by molar-refractivity contribution is 6.30. The highest BCUT2D eigenvalue weighted by Crippen LogP contribution is 2.46. The molecule has 2 unspecified atom stereocenters. The standard InChI is InChI=1S/C31H31ClF2N2/c1-5-18(3)24-15-28(36-31(19(24)4)23-9-10-26(32)30(34)29(23)33)25(21-7-8-21)14-20-6-11-27-22(13-20)12-17(2)16-35-27/h6,9-13,15-16,18,21,25H,5,7-8,14H2,1-4H3. The second kappa shape index (κ2) is 9.89. The van der Waals surface area contributed by atoms with Crippen LogP contribution in [-0.2, 0) is 6.42 Å². The van der Waals surface area contributed by atoms with Crippen molar-refractivity contribution < 1.29 is 8.78 Å². The Labute approximate surface area is 216 Å². The second-order valence-corrected chi connectivity index (χ2v) is 10.7. The minimum atomic E-state index is -1.02.